The minimum absolute atomic E-state index is 0.00428. The van der Waals surface area contributed by atoms with Crippen LogP contribution in [0.15, 0.2) is 16.6 Å². The maximum absolute atomic E-state index is 11.7. The first-order chi connectivity index (χ1) is 9.83. The molecule has 0 aliphatic carbocycles. The molecule has 0 aliphatic rings. The third-order valence-corrected chi connectivity index (χ3v) is 3.31. The van der Waals surface area contributed by atoms with Crippen molar-refractivity contribution in [1.29, 1.82) is 0 Å². The van der Waals surface area contributed by atoms with E-state index in [-0.39, 0.29) is 17.7 Å². The van der Waals surface area contributed by atoms with Gasteiger partial charge in [-0.2, -0.15) is 0 Å². The van der Waals surface area contributed by atoms with Crippen molar-refractivity contribution >= 4 is 21.8 Å². The summed E-state index contributed by atoms with van der Waals surface area (Å²) in [6.45, 7) is 7.12. The highest BCUT2D eigenvalue weighted by molar-refractivity contribution is 9.10. The zero-order valence-corrected chi connectivity index (χ0v) is 14.5. The summed E-state index contributed by atoms with van der Waals surface area (Å²) in [6.07, 6.45) is 0. The molecule has 2 N–H and O–H groups in total. The number of phenolic OH excluding ortho intramolecular Hbond substituents is 1. The number of likely N-dealkylation sites (N-methyl/N-ethyl adjacent to an activating group) is 1. The Balaban J connectivity index is 2.71. The second-order valence-electron chi connectivity index (χ2n) is 5.25. The van der Waals surface area contributed by atoms with Crippen LogP contribution in [0.1, 0.15) is 26.3 Å². The number of phenols is 1. The van der Waals surface area contributed by atoms with E-state index in [1.54, 1.807) is 6.07 Å². The van der Waals surface area contributed by atoms with E-state index in [9.17, 15) is 9.90 Å². The van der Waals surface area contributed by atoms with Gasteiger partial charge in [-0.1, -0.05) is 0 Å². The Morgan fingerprint density at radius 3 is 2.71 bits per heavy atom. The molecule has 0 spiro atoms. The average molecular weight is 359 g/mol. The van der Waals surface area contributed by atoms with E-state index in [0.717, 1.165) is 5.56 Å². The van der Waals surface area contributed by atoms with Crippen molar-refractivity contribution < 1.29 is 14.6 Å². The zero-order chi connectivity index (χ0) is 16.0. The van der Waals surface area contributed by atoms with Crippen molar-refractivity contribution in [3.8, 4) is 11.5 Å². The van der Waals surface area contributed by atoms with E-state index < -0.39 is 0 Å². The smallest absolute Gasteiger partial charge is 0.234 e. The number of nitrogens with zero attached hydrogens (tertiary/aromatic N) is 1. The van der Waals surface area contributed by atoms with Crippen LogP contribution in [-0.4, -0.2) is 42.2 Å². The van der Waals surface area contributed by atoms with E-state index in [4.69, 9.17) is 4.74 Å². The molecule has 6 heteroatoms. The topological polar surface area (TPSA) is 61.8 Å². The third-order valence-electron chi connectivity index (χ3n) is 2.70. The minimum Gasteiger partial charge on any atom is -0.503 e. The van der Waals surface area contributed by atoms with Crippen LogP contribution in [0.4, 0.5) is 0 Å². The van der Waals surface area contributed by atoms with Gasteiger partial charge in [0.05, 0.1) is 17.6 Å². The molecule has 21 heavy (non-hydrogen) atoms. The van der Waals surface area contributed by atoms with E-state index in [2.05, 4.69) is 21.2 Å². The first kappa shape index (κ1) is 17.8. The van der Waals surface area contributed by atoms with Gasteiger partial charge in [0.25, 0.3) is 0 Å². The Labute approximate surface area is 134 Å². The number of hydrogen-bond acceptors (Lipinski definition) is 4. The predicted octanol–water partition coefficient (Wildman–Crippen LogP) is 2.51. The Kier molecular flexibility index (Phi) is 6.98. The molecule has 0 aliphatic heterocycles. The number of aromatic hydroxyl groups is 1. The normalized spacial score (nSPS) is 11.0. The number of halogens is 1. The van der Waals surface area contributed by atoms with Crippen LogP contribution < -0.4 is 10.1 Å². The van der Waals surface area contributed by atoms with Crippen molar-refractivity contribution in [3.63, 3.8) is 0 Å². The molecule has 1 amide bonds. The van der Waals surface area contributed by atoms with Gasteiger partial charge in [-0.15, -0.1) is 0 Å². The van der Waals surface area contributed by atoms with Crippen molar-refractivity contribution in [2.24, 2.45) is 0 Å². The van der Waals surface area contributed by atoms with Crippen LogP contribution in [0.2, 0.25) is 0 Å². The number of carbonyl (C=O) groups is 1. The Bertz CT molecular complexity index is 492. The summed E-state index contributed by atoms with van der Waals surface area (Å²) >= 11 is 3.31. The summed E-state index contributed by atoms with van der Waals surface area (Å²) in [5.41, 5.74) is 0.961. The monoisotopic (exact) mass is 358 g/mol. The Morgan fingerprint density at radius 1 is 1.48 bits per heavy atom. The number of nitrogens with one attached hydrogen (secondary N) is 1. The highest BCUT2D eigenvalue weighted by atomic mass is 79.9. The second kappa shape index (κ2) is 8.24. The zero-order valence-electron chi connectivity index (χ0n) is 12.9. The van der Waals surface area contributed by atoms with Gasteiger partial charge in [-0.05, 0) is 61.4 Å². The predicted molar refractivity (Wildman–Crippen MR) is 86.6 cm³/mol. The maximum atomic E-state index is 11.7. The van der Waals surface area contributed by atoms with Gasteiger partial charge >= 0.3 is 0 Å². The number of carbonyl (C=O) groups excluding carboxylic acids is 1. The summed E-state index contributed by atoms with van der Waals surface area (Å²) in [5.74, 6) is 0.540. The van der Waals surface area contributed by atoms with Crippen molar-refractivity contribution in [1.82, 2.24) is 10.2 Å². The standard InChI is InChI=1S/C15H23BrN2O3/c1-5-21-13-7-11(6-12(16)15(13)20)8-18(4)9-14(19)17-10(2)3/h6-7,10,20H,5,8-9H2,1-4H3,(H,17,19). The molecule has 0 unspecified atom stereocenters. The number of amides is 1. The number of rotatable bonds is 7. The van der Waals surface area contributed by atoms with Gasteiger partial charge in [0.1, 0.15) is 0 Å². The van der Waals surface area contributed by atoms with Gasteiger partial charge in [0.2, 0.25) is 5.91 Å². The van der Waals surface area contributed by atoms with Crippen LogP contribution in [0.25, 0.3) is 0 Å². The van der Waals surface area contributed by atoms with Crippen LogP contribution in [0.3, 0.4) is 0 Å². The molecule has 0 saturated carbocycles. The number of ether oxygens (including phenoxy) is 1. The molecule has 118 valence electrons. The fourth-order valence-electron chi connectivity index (χ4n) is 1.96. The highest BCUT2D eigenvalue weighted by Gasteiger charge is 2.12. The summed E-state index contributed by atoms with van der Waals surface area (Å²) in [5, 5.41) is 12.7. The van der Waals surface area contributed by atoms with Crippen LogP contribution in [-0.2, 0) is 11.3 Å². The molecule has 1 rings (SSSR count). The molecule has 1 aromatic carbocycles. The lowest BCUT2D eigenvalue weighted by Crippen LogP contribution is -2.38. The second-order valence-corrected chi connectivity index (χ2v) is 6.11. The van der Waals surface area contributed by atoms with Gasteiger partial charge < -0.3 is 15.2 Å². The summed E-state index contributed by atoms with van der Waals surface area (Å²) in [6, 6.07) is 3.76. The molecule has 0 saturated heterocycles. The van der Waals surface area contributed by atoms with E-state index in [1.165, 1.54) is 0 Å². The van der Waals surface area contributed by atoms with E-state index in [1.807, 2.05) is 38.8 Å². The highest BCUT2D eigenvalue weighted by Crippen LogP contribution is 2.35. The molecule has 0 bridgehead atoms. The Hall–Kier alpha value is -1.27. The lowest BCUT2D eigenvalue weighted by atomic mass is 10.2. The fourth-order valence-corrected chi connectivity index (χ4v) is 2.45. The SMILES string of the molecule is CCOc1cc(CN(C)CC(=O)NC(C)C)cc(Br)c1O. The lowest BCUT2D eigenvalue weighted by molar-refractivity contribution is -0.122. The lowest BCUT2D eigenvalue weighted by Gasteiger charge is -2.18. The quantitative estimate of drug-likeness (QED) is 0.785. The van der Waals surface area contributed by atoms with Gasteiger partial charge in [0.15, 0.2) is 11.5 Å². The molecular weight excluding hydrogens is 336 g/mol. The third kappa shape index (κ3) is 5.93. The van der Waals surface area contributed by atoms with Crippen LogP contribution >= 0.6 is 15.9 Å². The summed E-state index contributed by atoms with van der Waals surface area (Å²) in [7, 11) is 1.88. The first-order valence-corrected chi connectivity index (χ1v) is 7.74. The fraction of sp³-hybridized carbons (Fsp3) is 0.533. The molecule has 0 aromatic heterocycles. The van der Waals surface area contributed by atoms with E-state index >= 15 is 0 Å². The summed E-state index contributed by atoms with van der Waals surface area (Å²) < 4.78 is 5.98. The van der Waals surface area contributed by atoms with Crippen molar-refractivity contribution in [2.75, 3.05) is 20.2 Å². The van der Waals surface area contributed by atoms with Gasteiger partial charge in [0, 0.05) is 12.6 Å². The minimum atomic E-state index is -0.00428. The largest absolute Gasteiger partial charge is 0.503 e. The average Bonchev–Trinajstić information content (AvgIpc) is 2.34. The molecule has 5 nitrogen and oxygen atoms in total. The number of benzene rings is 1. The molecule has 0 atom stereocenters. The first-order valence-electron chi connectivity index (χ1n) is 6.95. The van der Waals surface area contributed by atoms with Crippen molar-refractivity contribution in [3.05, 3.63) is 22.2 Å². The van der Waals surface area contributed by atoms with Crippen LogP contribution in [0, 0.1) is 0 Å². The van der Waals surface area contributed by atoms with Crippen molar-refractivity contribution in [2.45, 2.75) is 33.4 Å². The molecule has 0 heterocycles. The van der Waals surface area contributed by atoms with Gasteiger partial charge in [-0.3, -0.25) is 9.69 Å². The number of hydrogen-bond donors (Lipinski definition) is 2. The van der Waals surface area contributed by atoms with E-state index in [0.29, 0.717) is 29.9 Å². The molecule has 0 fully saturated rings. The summed E-state index contributed by atoms with van der Waals surface area (Å²) in [4.78, 5) is 13.6. The molecule has 1 aromatic rings. The Morgan fingerprint density at radius 2 is 2.14 bits per heavy atom. The maximum Gasteiger partial charge on any atom is 0.234 e. The molecular formula is C15H23BrN2O3. The molecule has 0 radical (unpaired) electrons. The van der Waals surface area contributed by atoms with Gasteiger partial charge in [-0.25, -0.2) is 0 Å². The van der Waals surface area contributed by atoms with Crippen LogP contribution in [0.5, 0.6) is 11.5 Å².